The second-order valence-electron chi connectivity index (χ2n) is 8.18. The van der Waals surface area contributed by atoms with E-state index in [1.165, 1.54) is 5.56 Å². The summed E-state index contributed by atoms with van der Waals surface area (Å²) in [7, 11) is 0. The summed E-state index contributed by atoms with van der Waals surface area (Å²) in [5, 5.41) is 17.4. The summed E-state index contributed by atoms with van der Waals surface area (Å²) in [4.78, 5) is 13.2. The molecule has 30 heavy (non-hydrogen) atoms. The molecule has 2 aliphatic rings. The van der Waals surface area contributed by atoms with E-state index in [1.54, 1.807) is 11.3 Å². The Morgan fingerprint density at radius 2 is 1.90 bits per heavy atom. The molecule has 1 aromatic carbocycles. The van der Waals surface area contributed by atoms with Crippen LogP contribution in [0.3, 0.4) is 0 Å². The molecule has 2 fully saturated rings. The first-order valence-corrected chi connectivity index (χ1v) is 11.7. The number of ether oxygens (including phenoxy) is 1. The number of nitrogens with one attached hydrogen (secondary N) is 1. The molecule has 3 aromatic rings. The van der Waals surface area contributed by atoms with Crippen molar-refractivity contribution in [1.82, 2.24) is 14.9 Å². The molecule has 2 aromatic heterocycles. The Morgan fingerprint density at radius 1 is 1.10 bits per heavy atom. The van der Waals surface area contributed by atoms with Crippen molar-refractivity contribution in [1.29, 1.82) is 0 Å². The van der Waals surface area contributed by atoms with E-state index in [0.29, 0.717) is 0 Å². The molecule has 2 N–H and O–H groups in total. The number of aliphatic hydroxyl groups is 1. The Bertz CT molecular complexity index is 988. The molecule has 7 heteroatoms. The summed E-state index contributed by atoms with van der Waals surface area (Å²) in [6.45, 7) is 4.06. The third kappa shape index (κ3) is 4.21. The van der Waals surface area contributed by atoms with E-state index in [9.17, 15) is 5.11 Å². The number of nitrogens with zero attached hydrogens (tertiary/aromatic N) is 3. The summed E-state index contributed by atoms with van der Waals surface area (Å²) in [6.07, 6.45) is 3.72. The zero-order valence-corrected chi connectivity index (χ0v) is 17.9. The highest BCUT2D eigenvalue weighted by Gasteiger charge is 2.25. The van der Waals surface area contributed by atoms with Crippen molar-refractivity contribution in [3.63, 3.8) is 0 Å². The van der Waals surface area contributed by atoms with Gasteiger partial charge in [0.2, 0.25) is 0 Å². The Balaban J connectivity index is 1.54. The molecule has 1 saturated heterocycles. The van der Waals surface area contributed by atoms with Crippen LogP contribution in [0.2, 0.25) is 0 Å². The van der Waals surface area contributed by atoms with Crippen molar-refractivity contribution in [2.75, 3.05) is 31.6 Å². The van der Waals surface area contributed by atoms with Gasteiger partial charge in [-0.1, -0.05) is 43.2 Å². The lowest BCUT2D eigenvalue weighted by molar-refractivity contribution is 0.0331. The van der Waals surface area contributed by atoms with Crippen LogP contribution in [-0.2, 0) is 11.3 Å². The maximum Gasteiger partial charge on any atom is 0.146 e. The van der Waals surface area contributed by atoms with Crippen LogP contribution >= 0.6 is 11.3 Å². The van der Waals surface area contributed by atoms with E-state index in [1.807, 2.05) is 6.07 Å². The van der Waals surface area contributed by atoms with Crippen molar-refractivity contribution in [2.24, 2.45) is 0 Å². The first-order valence-electron chi connectivity index (χ1n) is 10.9. The number of benzene rings is 1. The smallest absolute Gasteiger partial charge is 0.146 e. The average Bonchev–Trinajstić information content (AvgIpc) is 3.21. The Labute approximate surface area is 180 Å². The van der Waals surface area contributed by atoms with Gasteiger partial charge in [0.1, 0.15) is 16.5 Å². The van der Waals surface area contributed by atoms with Crippen LogP contribution in [0.25, 0.3) is 21.3 Å². The second-order valence-corrected chi connectivity index (χ2v) is 9.03. The largest absolute Gasteiger partial charge is 0.391 e. The number of morpholine rings is 1. The summed E-state index contributed by atoms with van der Waals surface area (Å²) >= 11 is 1.67. The van der Waals surface area contributed by atoms with E-state index in [2.05, 4.69) is 39.9 Å². The van der Waals surface area contributed by atoms with E-state index >= 15 is 0 Å². The molecule has 3 heterocycles. The number of aliphatic hydroxyl groups excluding tert-OH is 1. The van der Waals surface area contributed by atoms with Gasteiger partial charge in [0.05, 0.1) is 37.3 Å². The minimum Gasteiger partial charge on any atom is -0.391 e. The highest BCUT2D eigenvalue weighted by molar-refractivity contribution is 7.17. The molecule has 0 unspecified atom stereocenters. The highest BCUT2D eigenvalue weighted by atomic mass is 32.1. The van der Waals surface area contributed by atoms with Crippen molar-refractivity contribution in [3.05, 3.63) is 41.5 Å². The number of hydrogen-bond donors (Lipinski definition) is 2. The maximum atomic E-state index is 10.5. The van der Waals surface area contributed by atoms with Gasteiger partial charge in [0, 0.05) is 24.0 Å². The number of rotatable bonds is 5. The molecule has 0 bridgehead atoms. The highest BCUT2D eigenvalue weighted by Crippen LogP contribution is 2.38. The second kappa shape index (κ2) is 8.98. The van der Waals surface area contributed by atoms with E-state index < -0.39 is 0 Å². The predicted molar refractivity (Wildman–Crippen MR) is 121 cm³/mol. The van der Waals surface area contributed by atoms with Gasteiger partial charge in [0.15, 0.2) is 0 Å². The van der Waals surface area contributed by atoms with E-state index in [0.717, 1.165) is 86.0 Å². The number of hydrogen-bond acceptors (Lipinski definition) is 7. The standard InChI is InChI=1S/C23H28N4O2S/c28-19-9-5-4-8-18(19)24-22-21-17(16-6-2-1-3-7-16)15-30-23(21)26-20(25-22)14-27-10-12-29-13-11-27/h1-3,6-7,15,18-19,28H,4-5,8-14H2,(H,24,25,26)/t18-,19-/m0/s1. The maximum absolute atomic E-state index is 10.5. The molecule has 2 atom stereocenters. The molecule has 0 radical (unpaired) electrons. The number of anilines is 1. The Kier molecular flexibility index (Phi) is 5.95. The number of fused-ring (bicyclic) bond motifs is 1. The van der Waals surface area contributed by atoms with Gasteiger partial charge in [-0.2, -0.15) is 0 Å². The fourth-order valence-corrected chi connectivity index (χ4v) is 5.37. The predicted octanol–water partition coefficient (Wildman–Crippen LogP) is 3.91. The van der Waals surface area contributed by atoms with E-state index in [-0.39, 0.29) is 12.1 Å². The first kappa shape index (κ1) is 19.9. The summed E-state index contributed by atoms with van der Waals surface area (Å²) in [5.41, 5.74) is 2.32. The fourth-order valence-electron chi connectivity index (χ4n) is 4.41. The molecule has 158 valence electrons. The summed E-state index contributed by atoms with van der Waals surface area (Å²) in [5.74, 6) is 1.69. The summed E-state index contributed by atoms with van der Waals surface area (Å²) in [6, 6.07) is 10.4. The SMILES string of the molecule is O[C@H]1CCCC[C@@H]1Nc1nc(CN2CCOCC2)nc2scc(-c3ccccc3)c12. The van der Waals surface area contributed by atoms with Gasteiger partial charge < -0.3 is 15.2 Å². The molecule has 1 aliphatic carbocycles. The van der Waals surface area contributed by atoms with Crippen LogP contribution in [0.4, 0.5) is 5.82 Å². The quantitative estimate of drug-likeness (QED) is 0.647. The lowest BCUT2D eigenvalue weighted by Crippen LogP contribution is -2.37. The van der Waals surface area contributed by atoms with Crippen molar-refractivity contribution in [2.45, 2.75) is 44.4 Å². The molecule has 5 rings (SSSR count). The summed E-state index contributed by atoms with van der Waals surface area (Å²) < 4.78 is 5.48. The van der Waals surface area contributed by atoms with Crippen molar-refractivity contribution in [3.8, 4) is 11.1 Å². The normalized spacial score (nSPS) is 23.0. The lowest BCUT2D eigenvalue weighted by atomic mass is 9.92. The average molecular weight is 425 g/mol. The molecule has 1 saturated carbocycles. The molecule has 6 nitrogen and oxygen atoms in total. The number of thiophene rings is 1. The van der Waals surface area contributed by atoms with Crippen LogP contribution < -0.4 is 5.32 Å². The van der Waals surface area contributed by atoms with E-state index in [4.69, 9.17) is 14.7 Å². The third-order valence-corrected chi connectivity index (χ3v) is 6.96. The van der Waals surface area contributed by atoms with Crippen LogP contribution in [0.5, 0.6) is 0 Å². The zero-order chi connectivity index (χ0) is 20.3. The van der Waals surface area contributed by atoms with Crippen molar-refractivity contribution < 1.29 is 9.84 Å². The van der Waals surface area contributed by atoms with Gasteiger partial charge in [-0.15, -0.1) is 11.3 Å². The topological polar surface area (TPSA) is 70.5 Å². The van der Waals surface area contributed by atoms with Gasteiger partial charge in [0.25, 0.3) is 0 Å². The van der Waals surface area contributed by atoms with Crippen LogP contribution in [0.1, 0.15) is 31.5 Å². The molecule has 1 aliphatic heterocycles. The molecule has 0 amide bonds. The van der Waals surface area contributed by atoms with Gasteiger partial charge in [-0.25, -0.2) is 9.97 Å². The Hall–Kier alpha value is -2.06. The lowest BCUT2D eigenvalue weighted by Gasteiger charge is -2.29. The monoisotopic (exact) mass is 424 g/mol. The first-order chi connectivity index (χ1) is 14.8. The molecular weight excluding hydrogens is 396 g/mol. The van der Waals surface area contributed by atoms with Crippen LogP contribution in [0.15, 0.2) is 35.7 Å². The minimum absolute atomic E-state index is 0.0385. The van der Waals surface area contributed by atoms with Gasteiger partial charge in [-0.3, -0.25) is 4.90 Å². The van der Waals surface area contributed by atoms with Crippen LogP contribution in [0, 0.1) is 0 Å². The van der Waals surface area contributed by atoms with Crippen molar-refractivity contribution >= 4 is 27.4 Å². The third-order valence-electron chi connectivity index (χ3n) is 6.08. The molecule has 0 spiro atoms. The number of aromatic nitrogens is 2. The van der Waals surface area contributed by atoms with Gasteiger partial charge >= 0.3 is 0 Å². The van der Waals surface area contributed by atoms with Crippen LogP contribution in [-0.4, -0.2) is 58.4 Å². The Morgan fingerprint density at radius 3 is 2.70 bits per heavy atom. The minimum atomic E-state index is -0.328. The molecular formula is C23H28N4O2S. The fraction of sp³-hybridized carbons (Fsp3) is 0.478. The zero-order valence-electron chi connectivity index (χ0n) is 17.1. The van der Waals surface area contributed by atoms with Gasteiger partial charge in [-0.05, 0) is 18.4 Å².